The van der Waals surface area contributed by atoms with Crippen LogP contribution in [0.3, 0.4) is 0 Å². The number of hydrogen-bond acceptors (Lipinski definition) is 8. The van der Waals surface area contributed by atoms with Crippen molar-refractivity contribution in [3.63, 3.8) is 0 Å². The zero-order valence-corrected chi connectivity index (χ0v) is 39.5. The fourth-order valence-electron chi connectivity index (χ4n) is 5.40. The van der Waals surface area contributed by atoms with E-state index < -0.39 is 45.1 Å². The minimum absolute atomic E-state index is 0.0337. The molecule has 4 N–H and O–H groups in total. The lowest BCUT2D eigenvalue weighted by molar-refractivity contribution is -0.154. The van der Waals surface area contributed by atoms with Crippen LogP contribution in [-0.4, -0.2) is 60.5 Å². The number of hydrogen-bond donors (Lipinski definition) is 3. The summed E-state index contributed by atoms with van der Waals surface area (Å²) in [5, 5.41) is 8.91. The van der Waals surface area contributed by atoms with E-state index in [1.54, 1.807) is 0 Å². The summed E-state index contributed by atoms with van der Waals surface area (Å²) in [4.78, 5) is 33.6. The number of carbonyl (C=O) groups is 2. The summed E-state index contributed by atoms with van der Waals surface area (Å²) < 4.78 is 33.3. The number of carboxylic acids is 1. The third-order valence-corrected chi connectivity index (χ3v) is 9.88. The topological polar surface area (TPSA) is 155 Å². The van der Waals surface area contributed by atoms with Gasteiger partial charge in [-0.2, -0.15) is 0 Å². The normalized spacial score (nSPS) is 15.0. The van der Waals surface area contributed by atoms with Gasteiger partial charge in [-0.25, -0.2) is 4.57 Å². The molecule has 0 spiro atoms. The fourth-order valence-corrected chi connectivity index (χ4v) is 6.17. The standard InChI is InChI=1S/C52H82NO9P/c1-3-5-7-9-11-13-15-17-19-21-23-24-25-26-27-28-30-32-34-36-38-40-42-44-51(54)62-49(47-60-63(57,58)61-48-50(53)52(55)56)46-59-45-43-41-39-37-35-33-31-29-22-20-18-16-14-12-10-8-6-4-2/h5-8,11-14,17-20,23-24,26-27,29-32,35,37,49-50H,3-4,9-10,15-16,21-22,25,28,33-34,36,38-48,53H2,1-2H3,(H,55,56)(H,57,58)/b7-5-,8-6-,13-11-,14-12-,19-17-,20-18-,24-23-,27-26-,31-29-,32-30-,37-35-. The molecule has 0 aliphatic rings. The van der Waals surface area contributed by atoms with E-state index in [-0.39, 0.29) is 13.0 Å². The molecule has 11 heteroatoms. The van der Waals surface area contributed by atoms with Crippen molar-refractivity contribution in [2.75, 3.05) is 26.4 Å². The zero-order chi connectivity index (χ0) is 46.2. The zero-order valence-electron chi connectivity index (χ0n) is 38.6. The van der Waals surface area contributed by atoms with Gasteiger partial charge in [0.2, 0.25) is 0 Å². The highest BCUT2D eigenvalue weighted by Gasteiger charge is 2.27. The Hall–Kier alpha value is -3.89. The van der Waals surface area contributed by atoms with Crippen LogP contribution in [0.15, 0.2) is 134 Å². The molecule has 0 fully saturated rings. The molecule has 0 rings (SSSR count). The first kappa shape index (κ1) is 59.1. The lowest BCUT2D eigenvalue weighted by Crippen LogP contribution is -2.34. The van der Waals surface area contributed by atoms with Crippen LogP contribution in [0.2, 0.25) is 0 Å². The number of phosphoric acid groups is 1. The van der Waals surface area contributed by atoms with Crippen LogP contribution in [0.5, 0.6) is 0 Å². The van der Waals surface area contributed by atoms with Gasteiger partial charge in [-0.05, 0) is 109 Å². The number of carbonyl (C=O) groups excluding carboxylic acids is 1. The van der Waals surface area contributed by atoms with E-state index in [1.165, 1.54) is 0 Å². The third-order valence-electron chi connectivity index (χ3n) is 8.93. The Morgan fingerprint density at radius 1 is 0.508 bits per heavy atom. The molecule has 3 unspecified atom stereocenters. The van der Waals surface area contributed by atoms with Crippen molar-refractivity contribution in [3.05, 3.63) is 134 Å². The minimum atomic E-state index is -4.65. The van der Waals surface area contributed by atoms with Gasteiger partial charge < -0.3 is 25.2 Å². The molecular formula is C52H82NO9P. The summed E-state index contributed by atoms with van der Waals surface area (Å²) in [7, 11) is -4.65. The van der Waals surface area contributed by atoms with Crippen LogP contribution in [0.25, 0.3) is 0 Å². The van der Waals surface area contributed by atoms with Crippen LogP contribution >= 0.6 is 7.82 Å². The van der Waals surface area contributed by atoms with Gasteiger partial charge in [0, 0.05) is 13.0 Å². The van der Waals surface area contributed by atoms with E-state index in [1.807, 2.05) is 0 Å². The summed E-state index contributed by atoms with van der Waals surface area (Å²) in [5.74, 6) is -1.84. The molecule has 0 heterocycles. The van der Waals surface area contributed by atoms with Gasteiger partial charge in [0.15, 0.2) is 0 Å². The number of aliphatic carboxylic acids is 1. The van der Waals surface area contributed by atoms with Crippen molar-refractivity contribution >= 4 is 19.8 Å². The molecule has 63 heavy (non-hydrogen) atoms. The van der Waals surface area contributed by atoms with E-state index in [0.717, 1.165) is 116 Å². The minimum Gasteiger partial charge on any atom is -0.480 e. The number of unbranched alkanes of at least 4 members (excludes halogenated alkanes) is 6. The van der Waals surface area contributed by atoms with Crippen LogP contribution < -0.4 is 5.73 Å². The second-order valence-electron chi connectivity index (χ2n) is 14.8. The molecule has 10 nitrogen and oxygen atoms in total. The Kier molecular flexibility index (Phi) is 43.3. The number of ether oxygens (including phenoxy) is 2. The number of phosphoric ester groups is 1. The van der Waals surface area contributed by atoms with Gasteiger partial charge in [0.1, 0.15) is 12.1 Å². The highest BCUT2D eigenvalue weighted by atomic mass is 31.2. The van der Waals surface area contributed by atoms with Crippen molar-refractivity contribution in [2.45, 2.75) is 154 Å². The average molecular weight is 896 g/mol. The first-order valence-corrected chi connectivity index (χ1v) is 24.7. The Bertz CT molecular complexity index is 1500. The second kappa shape index (κ2) is 46.1. The smallest absolute Gasteiger partial charge is 0.472 e. The lowest BCUT2D eigenvalue weighted by atomic mass is 10.1. The first-order chi connectivity index (χ1) is 30.7. The van der Waals surface area contributed by atoms with E-state index in [4.69, 9.17) is 29.4 Å². The Labute approximate surface area is 381 Å². The van der Waals surface area contributed by atoms with Gasteiger partial charge in [-0.15, -0.1) is 0 Å². The Morgan fingerprint density at radius 3 is 1.29 bits per heavy atom. The summed E-state index contributed by atoms with van der Waals surface area (Å²) in [6.07, 6.45) is 65.1. The maximum Gasteiger partial charge on any atom is 0.472 e. The molecule has 354 valence electrons. The highest BCUT2D eigenvalue weighted by Crippen LogP contribution is 2.43. The number of rotatable bonds is 42. The van der Waals surface area contributed by atoms with E-state index in [0.29, 0.717) is 13.0 Å². The number of allylic oxidation sites excluding steroid dienone is 22. The van der Waals surface area contributed by atoms with Crippen LogP contribution in [-0.2, 0) is 32.7 Å². The van der Waals surface area contributed by atoms with Crippen molar-refractivity contribution in [3.8, 4) is 0 Å². The quantitative estimate of drug-likeness (QED) is 0.0233. The SMILES string of the molecule is CC/C=C\C/C=C\C/C=C\C/C=C\C/C=C\C/C=C\CCCCCCC(=O)OC(COCCCC/C=C\C/C=C\C/C=C\C/C=C\C/C=C\CC)COP(=O)(O)OCC(N)C(=O)O. The number of esters is 1. The van der Waals surface area contributed by atoms with E-state index in [2.05, 4.69) is 148 Å². The van der Waals surface area contributed by atoms with Gasteiger partial charge >= 0.3 is 19.8 Å². The molecule has 0 radical (unpaired) electrons. The predicted octanol–water partition coefficient (Wildman–Crippen LogP) is 13.4. The third kappa shape index (κ3) is 45.9. The first-order valence-electron chi connectivity index (χ1n) is 23.2. The van der Waals surface area contributed by atoms with Crippen molar-refractivity contribution in [2.24, 2.45) is 5.73 Å². The lowest BCUT2D eigenvalue weighted by Gasteiger charge is -2.20. The maximum absolute atomic E-state index is 12.7. The Morgan fingerprint density at radius 2 is 0.873 bits per heavy atom. The summed E-state index contributed by atoms with van der Waals surface area (Å²) in [6, 6.07) is -1.49. The molecule has 0 saturated heterocycles. The van der Waals surface area contributed by atoms with Crippen LogP contribution in [0.4, 0.5) is 0 Å². The molecular weight excluding hydrogens is 814 g/mol. The molecule has 0 aliphatic heterocycles. The Balaban J connectivity index is 4.38. The summed E-state index contributed by atoms with van der Waals surface area (Å²) in [6.45, 7) is 3.48. The molecule has 0 aromatic heterocycles. The molecule has 3 atom stereocenters. The van der Waals surface area contributed by atoms with E-state index >= 15 is 0 Å². The van der Waals surface area contributed by atoms with Gasteiger partial charge in [0.05, 0.1) is 19.8 Å². The fraction of sp³-hybridized carbons (Fsp3) is 0.538. The molecule has 0 saturated carbocycles. The molecule has 0 aliphatic carbocycles. The predicted molar refractivity (Wildman–Crippen MR) is 262 cm³/mol. The largest absolute Gasteiger partial charge is 0.480 e. The molecule has 0 amide bonds. The van der Waals surface area contributed by atoms with Gasteiger partial charge in [-0.1, -0.05) is 160 Å². The van der Waals surface area contributed by atoms with Crippen molar-refractivity contribution < 1.29 is 42.7 Å². The number of carboxylic acid groups (broad SMARTS) is 1. The number of nitrogens with two attached hydrogens (primary N) is 1. The second-order valence-corrected chi connectivity index (χ2v) is 16.2. The van der Waals surface area contributed by atoms with Gasteiger partial charge in [-0.3, -0.25) is 18.6 Å². The monoisotopic (exact) mass is 896 g/mol. The summed E-state index contributed by atoms with van der Waals surface area (Å²) >= 11 is 0. The van der Waals surface area contributed by atoms with Crippen molar-refractivity contribution in [1.29, 1.82) is 0 Å². The van der Waals surface area contributed by atoms with Crippen LogP contribution in [0.1, 0.15) is 142 Å². The highest BCUT2D eigenvalue weighted by molar-refractivity contribution is 7.47. The average Bonchev–Trinajstić information content (AvgIpc) is 3.26. The van der Waals surface area contributed by atoms with Crippen LogP contribution in [0, 0.1) is 0 Å². The van der Waals surface area contributed by atoms with E-state index in [9.17, 15) is 19.0 Å². The maximum atomic E-state index is 12.7. The molecule has 0 bridgehead atoms. The molecule has 0 aromatic rings. The summed E-state index contributed by atoms with van der Waals surface area (Å²) in [5.41, 5.74) is 5.36. The van der Waals surface area contributed by atoms with Gasteiger partial charge in [0.25, 0.3) is 0 Å². The van der Waals surface area contributed by atoms with Crippen molar-refractivity contribution in [1.82, 2.24) is 0 Å². The molecule has 0 aromatic carbocycles.